The minimum absolute atomic E-state index is 0.418. The van der Waals surface area contributed by atoms with Crippen molar-refractivity contribution in [1.82, 2.24) is 5.32 Å². The molecule has 1 aliphatic rings. The molecule has 1 fully saturated rings. The van der Waals surface area contributed by atoms with Crippen molar-refractivity contribution in [3.63, 3.8) is 0 Å². The third kappa shape index (κ3) is 3.38. The largest absolute Gasteiger partial charge is 0.468 e. The van der Waals surface area contributed by atoms with Crippen LogP contribution in [-0.2, 0) is 9.53 Å². The molecule has 0 radical (unpaired) electrons. The van der Waals surface area contributed by atoms with Crippen LogP contribution in [0.4, 0.5) is 8.78 Å². The highest BCUT2D eigenvalue weighted by Crippen LogP contribution is 2.35. The van der Waals surface area contributed by atoms with Gasteiger partial charge in [-0.2, -0.15) is 0 Å². The second-order valence-corrected chi connectivity index (χ2v) is 4.12. The molecule has 1 saturated heterocycles. The fourth-order valence-corrected chi connectivity index (χ4v) is 1.94. The Balaban J connectivity index is 2.52. The molecule has 4 nitrogen and oxygen atoms in total. The van der Waals surface area contributed by atoms with E-state index in [-0.39, 0.29) is 0 Å². The van der Waals surface area contributed by atoms with Crippen molar-refractivity contribution in [2.24, 2.45) is 11.7 Å². The number of carbonyl (C=O) groups is 1. The molecule has 6 heteroatoms. The SMILES string of the molecule is COC(=O)C(N)CC(F)(F)C1CCNCC1. The van der Waals surface area contributed by atoms with Gasteiger partial charge in [-0.15, -0.1) is 0 Å². The first-order valence-electron chi connectivity index (χ1n) is 5.39. The number of halogens is 2. The predicted molar refractivity (Wildman–Crippen MR) is 55.1 cm³/mol. The number of hydrogen-bond donors (Lipinski definition) is 2. The molecule has 0 aliphatic carbocycles. The van der Waals surface area contributed by atoms with Gasteiger partial charge in [-0.05, 0) is 25.9 Å². The van der Waals surface area contributed by atoms with Gasteiger partial charge in [0.1, 0.15) is 6.04 Å². The van der Waals surface area contributed by atoms with Crippen LogP contribution in [0, 0.1) is 5.92 Å². The van der Waals surface area contributed by atoms with Crippen molar-refractivity contribution < 1.29 is 18.3 Å². The fourth-order valence-electron chi connectivity index (χ4n) is 1.94. The Labute approximate surface area is 93.5 Å². The van der Waals surface area contributed by atoms with Crippen LogP contribution in [0.1, 0.15) is 19.3 Å². The molecule has 0 saturated carbocycles. The number of alkyl halides is 2. The minimum Gasteiger partial charge on any atom is -0.468 e. The molecule has 0 bridgehead atoms. The zero-order chi connectivity index (χ0) is 12.2. The monoisotopic (exact) mass is 236 g/mol. The summed E-state index contributed by atoms with van der Waals surface area (Å²) in [5.41, 5.74) is 5.35. The first-order valence-corrected chi connectivity index (χ1v) is 5.39. The lowest BCUT2D eigenvalue weighted by atomic mass is 9.88. The van der Waals surface area contributed by atoms with Gasteiger partial charge in [0.05, 0.1) is 7.11 Å². The lowest BCUT2D eigenvalue weighted by molar-refractivity contribution is -0.147. The van der Waals surface area contributed by atoms with Crippen LogP contribution in [0.3, 0.4) is 0 Å². The Morgan fingerprint density at radius 2 is 2.12 bits per heavy atom. The van der Waals surface area contributed by atoms with E-state index >= 15 is 0 Å². The van der Waals surface area contributed by atoms with Gasteiger partial charge in [0.25, 0.3) is 5.92 Å². The van der Waals surface area contributed by atoms with E-state index in [1.54, 1.807) is 0 Å². The Morgan fingerprint density at radius 1 is 1.56 bits per heavy atom. The Kier molecular flexibility index (Phi) is 4.61. The zero-order valence-corrected chi connectivity index (χ0v) is 9.34. The van der Waals surface area contributed by atoms with Gasteiger partial charge in [-0.25, -0.2) is 8.78 Å². The van der Waals surface area contributed by atoms with Gasteiger partial charge < -0.3 is 15.8 Å². The lowest BCUT2D eigenvalue weighted by Crippen LogP contribution is -2.44. The molecule has 1 rings (SSSR count). The Morgan fingerprint density at radius 3 is 2.62 bits per heavy atom. The number of methoxy groups -OCH3 is 1. The van der Waals surface area contributed by atoms with Gasteiger partial charge in [0.2, 0.25) is 0 Å². The number of nitrogens with one attached hydrogen (secondary N) is 1. The second-order valence-electron chi connectivity index (χ2n) is 4.12. The van der Waals surface area contributed by atoms with Crippen LogP contribution >= 0.6 is 0 Å². The van der Waals surface area contributed by atoms with E-state index in [4.69, 9.17) is 5.73 Å². The standard InChI is InChI=1S/C10H18F2N2O2/c1-16-9(15)8(13)6-10(11,12)7-2-4-14-5-3-7/h7-8,14H,2-6,13H2,1H3. The smallest absolute Gasteiger partial charge is 0.322 e. The van der Waals surface area contributed by atoms with E-state index < -0.39 is 30.3 Å². The van der Waals surface area contributed by atoms with E-state index in [1.165, 1.54) is 0 Å². The third-order valence-electron chi connectivity index (χ3n) is 2.93. The van der Waals surface area contributed by atoms with Gasteiger partial charge in [-0.3, -0.25) is 4.79 Å². The summed E-state index contributed by atoms with van der Waals surface area (Å²) in [5, 5.41) is 3.02. The quantitative estimate of drug-likeness (QED) is 0.698. The van der Waals surface area contributed by atoms with Crippen molar-refractivity contribution >= 4 is 5.97 Å². The maximum Gasteiger partial charge on any atom is 0.322 e. The molecule has 1 unspecified atom stereocenters. The van der Waals surface area contributed by atoms with E-state index in [1.807, 2.05) is 0 Å². The van der Waals surface area contributed by atoms with Crippen molar-refractivity contribution in [2.45, 2.75) is 31.2 Å². The molecule has 0 spiro atoms. The molecule has 16 heavy (non-hydrogen) atoms. The van der Waals surface area contributed by atoms with Crippen molar-refractivity contribution in [3.8, 4) is 0 Å². The number of carbonyl (C=O) groups excluding carboxylic acids is 1. The molecule has 3 N–H and O–H groups in total. The average Bonchev–Trinajstić information content (AvgIpc) is 2.28. The van der Waals surface area contributed by atoms with Gasteiger partial charge >= 0.3 is 5.97 Å². The highest BCUT2D eigenvalue weighted by Gasteiger charge is 2.42. The highest BCUT2D eigenvalue weighted by atomic mass is 19.3. The van der Waals surface area contributed by atoms with Crippen molar-refractivity contribution in [3.05, 3.63) is 0 Å². The van der Waals surface area contributed by atoms with E-state index in [9.17, 15) is 13.6 Å². The normalized spacial score (nSPS) is 20.5. The second kappa shape index (κ2) is 5.54. The number of hydrogen-bond acceptors (Lipinski definition) is 4. The Hall–Kier alpha value is -0.750. The molecule has 1 aliphatic heterocycles. The third-order valence-corrected chi connectivity index (χ3v) is 2.93. The summed E-state index contributed by atoms with van der Waals surface area (Å²) in [4.78, 5) is 11.0. The summed E-state index contributed by atoms with van der Waals surface area (Å²) in [6.45, 7) is 1.18. The van der Waals surface area contributed by atoms with Crippen LogP contribution in [-0.4, -0.2) is 38.1 Å². The topological polar surface area (TPSA) is 64.3 Å². The first kappa shape index (κ1) is 13.3. The van der Waals surface area contributed by atoms with Crippen LogP contribution in [0.2, 0.25) is 0 Å². The number of esters is 1. The maximum atomic E-state index is 13.7. The predicted octanol–water partition coefficient (Wildman–Crippen LogP) is 0.512. The molecule has 94 valence electrons. The van der Waals surface area contributed by atoms with Crippen LogP contribution in [0.15, 0.2) is 0 Å². The number of rotatable bonds is 4. The molecule has 0 aromatic rings. The summed E-state index contributed by atoms with van der Waals surface area (Å²) in [6, 6.07) is -1.24. The molecule has 0 amide bonds. The number of nitrogens with two attached hydrogens (primary N) is 1. The summed E-state index contributed by atoms with van der Waals surface area (Å²) in [5.74, 6) is -4.37. The van der Waals surface area contributed by atoms with E-state index in [0.717, 1.165) is 7.11 Å². The molecule has 1 atom stereocenters. The van der Waals surface area contributed by atoms with Gasteiger partial charge in [0, 0.05) is 12.3 Å². The first-order chi connectivity index (χ1) is 7.47. The highest BCUT2D eigenvalue weighted by molar-refractivity contribution is 5.75. The van der Waals surface area contributed by atoms with Crippen LogP contribution in [0.25, 0.3) is 0 Å². The average molecular weight is 236 g/mol. The zero-order valence-electron chi connectivity index (χ0n) is 9.34. The summed E-state index contributed by atoms with van der Waals surface area (Å²) in [6.07, 6.45) is 0.201. The summed E-state index contributed by atoms with van der Waals surface area (Å²) < 4.78 is 31.8. The number of piperidine rings is 1. The number of ether oxygens (including phenoxy) is 1. The molecular weight excluding hydrogens is 218 g/mol. The van der Waals surface area contributed by atoms with Crippen LogP contribution < -0.4 is 11.1 Å². The Bertz CT molecular complexity index is 243. The van der Waals surface area contributed by atoms with E-state index in [2.05, 4.69) is 10.1 Å². The van der Waals surface area contributed by atoms with Gasteiger partial charge in [-0.1, -0.05) is 0 Å². The minimum atomic E-state index is -2.89. The molecule has 0 aromatic carbocycles. The van der Waals surface area contributed by atoms with Crippen molar-refractivity contribution in [1.29, 1.82) is 0 Å². The summed E-state index contributed by atoms with van der Waals surface area (Å²) >= 11 is 0. The fraction of sp³-hybridized carbons (Fsp3) is 0.900. The van der Waals surface area contributed by atoms with Gasteiger partial charge in [0.15, 0.2) is 0 Å². The molecular formula is C10H18F2N2O2. The maximum absolute atomic E-state index is 13.7. The molecule has 0 aromatic heterocycles. The van der Waals surface area contributed by atoms with E-state index in [0.29, 0.717) is 25.9 Å². The molecule has 1 heterocycles. The van der Waals surface area contributed by atoms with Crippen molar-refractivity contribution in [2.75, 3.05) is 20.2 Å². The van der Waals surface area contributed by atoms with Crippen LogP contribution in [0.5, 0.6) is 0 Å². The lowest BCUT2D eigenvalue weighted by Gasteiger charge is -2.31. The summed E-state index contributed by atoms with van der Waals surface area (Å²) in [7, 11) is 1.14.